The fourth-order valence-corrected chi connectivity index (χ4v) is 2.00. The third-order valence-corrected chi connectivity index (χ3v) is 3.07. The Hall–Kier alpha value is -1.96. The molecule has 2 aromatic rings. The predicted octanol–water partition coefficient (Wildman–Crippen LogP) is -0.631. The summed E-state index contributed by atoms with van der Waals surface area (Å²) < 4.78 is 2.46. The number of rotatable bonds is 5. The Labute approximate surface area is 108 Å². The van der Waals surface area contributed by atoms with Crippen LogP contribution in [0.3, 0.4) is 0 Å². The predicted molar refractivity (Wildman–Crippen MR) is 68.9 cm³/mol. The lowest BCUT2D eigenvalue weighted by molar-refractivity contribution is 0.180. The number of hydrogen-bond donors (Lipinski definition) is 2. The van der Waals surface area contributed by atoms with Gasteiger partial charge in [0.2, 0.25) is 0 Å². The first kappa shape index (κ1) is 13.5. The van der Waals surface area contributed by atoms with E-state index >= 15 is 0 Å². The molecule has 19 heavy (non-hydrogen) atoms. The highest BCUT2D eigenvalue weighted by atomic mass is 16.3. The molecule has 0 saturated heterocycles. The van der Waals surface area contributed by atoms with Crippen LogP contribution in [0.4, 0.5) is 0 Å². The lowest BCUT2D eigenvalue weighted by atomic mass is 10.2. The van der Waals surface area contributed by atoms with Gasteiger partial charge >= 0.3 is 5.69 Å². The summed E-state index contributed by atoms with van der Waals surface area (Å²) in [5.41, 5.74) is -0.403. The molecule has 8 nitrogen and oxygen atoms in total. The minimum Gasteiger partial charge on any atom is -0.393 e. The van der Waals surface area contributed by atoms with Gasteiger partial charge in [-0.1, -0.05) is 0 Å². The van der Waals surface area contributed by atoms with Crippen LogP contribution in [0.15, 0.2) is 9.59 Å². The van der Waals surface area contributed by atoms with Gasteiger partial charge in [0.05, 0.1) is 6.10 Å². The number of aromatic amines is 1. The molecule has 0 aliphatic heterocycles. The molecule has 0 saturated carbocycles. The van der Waals surface area contributed by atoms with E-state index < -0.39 is 11.2 Å². The van der Waals surface area contributed by atoms with Crippen molar-refractivity contribution in [3.05, 3.63) is 20.8 Å². The van der Waals surface area contributed by atoms with Crippen LogP contribution in [0.5, 0.6) is 0 Å². The standard InChI is InChI=1S/C11H17N5O3/c1-7(17)5-3-4-6-16-10(18)8-9(13-14-12-8)15(2)11(16)19/h7,17H,3-6H2,1-2H3,(H,12,13,14)/t7-/m1/s1. The molecule has 0 unspecified atom stereocenters. The van der Waals surface area contributed by atoms with Crippen molar-refractivity contribution in [3.8, 4) is 0 Å². The third kappa shape index (κ3) is 2.58. The van der Waals surface area contributed by atoms with Crippen LogP contribution in [0.1, 0.15) is 26.2 Å². The monoisotopic (exact) mass is 267 g/mol. The summed E-state index contributed by atoms with van der Waals surface area (Å²) in [6.07, 6.45) is 1.70. The van der Waals surface area contributed by atoms with Crippen LogP contribution in [0.2, 0.25) is 0 Å². The molecule has 0 aliphatic rings. The van der Waals surface area contributed by atoms with Crippen molar-refractivity contribution in [2.75, 3.05) is 0 Å². The first-order valence-electron chi connectivity index (χ1n) is 6.20. The van der Waals surface area contributed by atoms with E-state index in [0.29, 0.717) is 19.4 Å². The molecule has 2 rings (SSSR count). The van der Waals surface area contributed by atoms with Crippen LogP contribution in [-0.4, -0.2) is 35.8 Å². The lowest BCUT2D eigenvalue weighted by Crippen LogP contribution is -2.39. The molecule has 0 bridgehead atoms. The lowest BCUT2D eigenvalue weighted by Gasteiger charge is -2.07. The van der Waals surface area contributed by atoms with Crippen LogP contribution in [0, 0.1) is 0 Å². The minimum atomic E-state index is -0.427. The first-order chi connectivity index (χ1) is 9.02. The van der Waals surface area contributed by atoms with E-state index in [1.54, 1.807) is 14.0 Å². The number of fused-ring (bicyclic) bond motifs is 1. The maximum Gasteiger partial charge on any atom is 0.332 e. The van der Waals surface area contributed by atoms with Crippen LogP contribution in [-0.2, 0) is 13.6 Å². The molecule has 2 aromatic heterocycles. The van der Waals surface area contributed by atoms with Gasteiger partial charge < -0.3 is 5.11 Å². The van der Waals surface area contributed by atoms with E-state index in [1.807, 2.05) is 0 Å². The number of nitrogens with zero attached hydrogens (tertiary/aromatic N) is 4. The highest BCUT2D eigenvalue weighted by Gasteiger charge is 2.13. The Kier molecular flexibility index (Phi) is 3.79. The van der Waals surface area contributed by atoms with Gasteiger partial charge in [0.1, 0.15) is 0 Å². The molecular weight excluding hydrogens is 250 g/mol. The number of H-pyrrole nitrogens is 1. The molecule has 0 amide bonds. The number of aliphatic hydroxyl groups is 1. The van der Waals surface area contributed by atoms with Gasteiger partial charge in [-0.3, -0.25) is 13.9 Å². The zero-order chi connectivity index (χ0) is 14.0. The Bertz CT molecular complexity index is 682. The van der Waals surface area contributed by atoms with Crippen LogP contribution in [0.25, 0.3) is 11.2 Å². The highest BCUT2D eigenvalue weighted by Crippen LogP contribution is 2.02. The van der Waals surface area contributed by atoms with E-state index in [9.17, 15) is 9.59 Å². The van der Waals surface area contributed by atoms with Crippen molar-refractivity contribution >= 4 is 11.2 Å². The molecular formula is C11H17N5O3. The average Bonchev–Trinajstić information content (AvgIpc) is 2.84. The minimum absolute atomic E-state index is 0.164. The van der Waals surface area contributed by atoms with E-state index in [4.69, 9.17) is 5.11 Å². The van der Waals surface area contributed by atoms with Crippen molar-refractivity contribution in [3.63, 3.8) is 0 Å². The molecule has 8 heteroatoms. The summed E-state index contributed by atoms with van der Waals surface area (Å²) >= 11 is 0. The molecule has 0 fully saturated rings. The number of aromatic nitrogens is 5. The van der Waals surface area contributed by atoms with Crippen molar-refractivity contribution in [1.29, 1.82) is 0 Å². The van der Waals surface area contributed by atoms with Gasteiger partial charge in [-0.25, -0.2) is 4.79 Å². The summed E-state index contributed by atoms with van der Waals surface area (Å²) in [4.78, 5) is 24.1. The first-order valence-corrected chi connectivity index (χ1v) is 6.20. The van der Waals surface area contributed by atoms with Crippen molar-refractivity contribution < 1.29 is 5.11 Å². The quantitative estimate of drug-likeness (QED) is 0.701. The van der Waals surface area contributed by atoms with Crippen LogP contribution < -0.4 is 11.2 Å². The zero-order valence-corrected chi connectivity index (χ0v) is 11.0. The molecule has 0 aliphatic carbocycles. The van der Waals surface area contributed by atoms with Gasteiger partial charge in [0.15, 0.2) is 11.2 Å². The summed E-state index contributed by atoms with van der Waals surface area (Å²) in [7, 11) is 1.55. The van der Waals surface area contributed by atoms with Crippen molar-refractivity contribution in [2.24, 2.45) is 7.05 Å². The van der Waals surface area contributed by atoms with Gasteiger partial charge in [-0.15, -0.1) is 10.2 Å². The SMILES string of the molecule is C[C@@H](O)CCCCn1c(=O)c2n[nH]nc2n(C)c1=O. The summed E-state index contributed by atoms with van der Waals surface area (Å²) in [6.45, 7) is 2.04. The second-order valence-corrected chi connectivity index (χ2v) is 4.64. The largest absolute Gasteiger partial charge is 0.393 e. The fourth-order valence-electron chi connectivity index (χ4n) is 2.00. The van der Waals surface area contributed by atoms with Crippen LogP contribution >= 0.6 is 0 Å². The van der Waals surface area contributed by atoms with E-state index in [0.717, 1.165) is 11.0 Å². The number of unbranched alkanes of at least 4 members (excludes halogenated alkanes) is 1. The van der Waals surface area contributed by atoms with E-state index in [-0.39, 0.29) is 17.3 Å². The van der Waals surface area contributed by atoms with E-state index in [1.165, 1.54) is 4.57 Å². The number of aryl methyl sites for hydroxylation is 1. The molecule has 2 heterocycles. The van der Waals surface area contributed by atoms with Gasteiger partial charge in [-0.05, 0) is 26.2 Å². The second kappa shape index (κ2) is 5.35. The highest BCUT2D eigenvalue weighted by molar-refractivity contribution is 5.67. The molecule has 0 aromatic carbocycles. The van der Waals surface area contributed by atoms with E-state index in [2.05, 4.69) is 15.4 Å². The third-order valence-electron chi connectivity index (χ3n) is 3.07. The van der Waals surface area contributed by atoms with Crippen molar-refractivity contribution in [2.45, 2.75) is 38.8 Å². The fraction of sp³-hybridized carbons (Fsp3) is 0.636. The summed E-state index contributed by atoms with van der Waals surface area (Å²) in [5.74, 6) is 0. The topological polar surface area (TPSA) is 106 Å². The van der Waals surface area contributed by atoms with Gasteiger partial charge in [0.25, 0.3) is 5.56 Å². The zero-order valence-electron chi connectivity index (χ0n) is 11.0. The van der Waals surface area contributed by atoms with Crippen molar-refractivity contribution in [1.82, 2.24) is 24.5 Å². The Morgan fingerprint density at radius 1 is 1.32 bits per heavy atom. The summed E-state index contributed by atoms with van der Waals surface area (Å²) in [5, 5.41) is 19.1. The Balaban J connectivity index is 2.28. The number of nitrogens with one attached hydrogen (secondary N) is 1. The Morgan fingerprint density at radius 3 is 2.74 bits per heavy atom. The average molecular weight is 267 g/mol. The summed E-state index contributed by atoms with van der Waals surface area (Å²) in [6, 6.07) is 0. The van der Waals surface area contributed by atoms with Gasteiger partial charge in [-0.2, -0.15) is 5.21 Å². The molecule has 2 N–H and O–H groups in total. The number of aliphatic hydroxyl groups excluding tert-OH is 1. The molecule has 0 spiro atoms. The normalized spacial score (nSPS) is 13.0. The van der Waals surface area contributed by atoms with Gasteiger partial charge in [0, 0.05) is 13.6 Å². The smallest absolute Gasteiger partial charge is 0.332 e. The second-order valence-electron chi connectivity index (χ2n) is 4.64. The Morgan fingerprint density at radius 2 is 2.05 bits per heavy atom. The molecule has 1 atom stereocenters. The maximum absolute atomic E-state index is 12.1. The number of hydrogen-bond acceptors (Lipinski definition) is 5. The molecule has 0 radical (unpaired) electrons. The molecule has 104 valence electrons. The maximum atomic E-state index is 12.1.